The molecule has 0 radical (unpaired) electrons. The van der Waals surface area contributed by atoms with Crippen LogP contribution < -0.4 is 5.32 Å². The monoisotopic (exact) mass is 314 g/mol. The number of ether oxygens (including phenoxy) is 1. The normalized spacial score (nSPS) is 24.0. The van der Waals surface area contributed by atoms with Gasteiger partial charge in [0.2, 0.25) is 0 Å². The highest BCUT2D eigenvalue weighted by Crippen LogP contribution is 2.28. The fourth-order valence-corrected chi connectivity index (χ4v) is 2.98. The molecule has 2 aliphatic rings. The van der Waals surface area contributed by atoms with E-state index in [1.54, 1.807) is 0 Å². The molecule has 110 valence electrons. The predicted molar refractivity (Wildman–Crippen MR) is 82.5 cm³/mol. The van der Waals surface area contributed by atoms with Crippen LogP contribution >= 0.6 is 23.2 Å². The summed E-state index contributed by atoms with van der Waals surface area (Å²) in [6.07, 6.45) is 3.03. The number of rotatable bonds is 5. The van der Waals surface area contributed by atoms with E-state index in [-0.39, 0.29) is 0 Å². The van der Waals surface area contributed by atoms with Gasteiger partial charge in [0.05, 0.1) is 22.8 Å². The van der Waals surface area contributed by atoms with Crippen molar-refractivity contribution >= 4 is 23.2 Å². The Kier molecular flexibility index (Phi) is 4.84. The van der Waals surface area contributed by atoms with E-state index in [1.165, 1.54) is 12.8 Å². The van der Waals surface area contributed by atoms with Crippen LogP contribution in [-0.2, 0) is 11.3 Å². The zero-order valence-corrected chi connectivity index (χ0v) is 13.0. The maximum Gasteiger partial charge on any atom is 0.0826 e. The second-order valence-electron chi connectivity index (χ2n) is 5.60. The van der Waals surface area contributed by atoms with Crippen molar-refractivity contribution in [1.29, 1.82) is 0 Å². The van der Waals surface area contributed by atoms with Crippen molar-refractivity contribution < 1.29 is 4.74 Å². The lowest BCUT2D eigenvalue weighted by Gasteiger charge is -2.33. The number of benzene rings is 1. The summed E-state index contributed by atoms with van der Waals surface area (Å²) in [5, 5.41) is 4.66. The number of morpholine rings is 1. The maximum atomic E-state index is 6.01. The molecule has 1 aromatic rings. The molecule has 3 nitrogen and oxygen atoms in total. The molecule has 0 aromatic heterocycles. The van der Waals surface area contributed by atoms with Gasteiger partial charge in [0.1, 0.15) is 0 Å². The first-order valence-corrected chi connectivity index (χ1v) is 7.98. The number of halogens is 2. The molecule has 0 spiro atoms. The Hall–Kier alpha value is -0.320. The Bertz CT molecular complexity index is 465. The van der Waals surface area contributed by atoms with Crippen LogP contribution in [0.4, 0.5) is 0 Å². The molecule has 0 amide bonds. The average Bonchev–Trinajstić information content (AvgIpc) is 3.28. The van der Waals surface area contributed by atoms with Gasteiger partial charge < -0.3 is 10.1 Å². The van der Waals surface area contributed by atoms with Crippen molar-refractivity contribution in [2.24, 2.45) is 0 Å². The van der Waals surface area contributed by atoms with E-state index in [9.17, 15) is 0 Å². The van der Waals surface area contributed by atoms with Crippen molar-refractivity contribution in [1.82, 2.24) is 10.2 Å². The number of hydrogen-bond acceptors (Lipinski definition) is 3. The molecule has 1 aromatic carbocycles. The standard InChI is InChI=1S/C15H20Cl2N2O/c16-14-4-1-11(7-15(14)17)8-18-9-13-10-19(5-6-20-13)12-2-3-12/h1,4,7,12-13,18H,2-3,5-6,8-10H2. The molecule has 1 atom stereocenters. The Balaban J connectivity index is 1.43. The van der Waals surface area contributed by atoms with Crippen LogP contribution in [0.2, 0.25) is 10.0 Å². The minimum atomic E-state index is 0.298. The Morgan fingerprint density at radius 2 is 2.10 bits per heavy atom. The second kappa shape index (κ2) is 6.63. The van der Waals surface area contributed by atoms with Crippen LogP contribution in [0.5, 0.6) is 0 Å². The van der Waals surface area contributed by atoms with E-state index in [0.29, 0.717) is 16.1 Å². The van der Waals surface area contributed by atoms with Crippen molar-refractivity contribution in [2.45, 2.75) is 31.5 Å². The third-order valence-electron chi connectivity index (χ3n) is 3.92. The molecular formula is C15H20Cl2N2O. The summed E-state index contributed by atoms with van der Waals surface area (Å²) in [4.78, 5) is 2.56. The minimum absolute atomic E-state index is 0.298. The first kappa shape index (κ1) is 14.6. The summed E-state index contributed by atoms with van der Waals surface area (Å²) in [5.41, 5.74) is 1.15. The largest absolute Gasteiger partial charge is 0.374 e. The first-order valence-electron chi connectivity index (χ1n) is 7.22. The van der Waals surface area contributed by atoms with Crippen LogP contribution in [0, 0.1) is 0 Å². The summed E-state index contributed by atoms with van der Waals surface area (Å²) in [6.45, 7) is 4.67. The smallest absolute Gasteiger partial charge is 0.0826 e. The fraction of sp³-hybridized carbons (Fsp3) is 0.600. The molecule has 20 heavy (non-hydrogen) atoms. The zero-order valence-electron chi connectivity index (χ0n) is 11.4. The summed E-state index contributed by atoms with van der Waals surface area (Å²) in [7, 11) is 0. The van der Waals surface area contributed by atoms with Crippen LogP contribution in [0.3, 0.4) is 0 Å². The average molecular weight is 315 g/mol. The van der Waals surface area contributed by atoms with E-state index < -0.39 is 0 Å². The van der Waals surface area contributed by atoms with Crippen molar-refractivity contribution in [2.75, 3.05) is 26.2 Å². The Morgan fingerprint density at radius 1 is 1.25 bits per heavy atom. The van der Waals surface area contributed by atoms with Gasteiger partial charge in [-0.05, 0) is 30.5 Å². The lowest BCUT2D eigenvalue weighted by atomic mass is 10.2. The summed E-state index contributed by atoms with van der Waals surface area (Å²) in [5.74, 6) is 0. The highest BCUT2D eigenvalue weighted by Gasteiger charge is 2.32. The van der Waals surface area contributed by atoms with E-state index in [1.807, 2.05) is 18.2 Å². The molecule has 5 heteroatoms. The number of hydrogen-bond donors (Lipinski definition) is 1. The van der Waals surface area contributed by atoms with Crippen LogP contribution in [0.15, 0.2) is 18.2 Å². The second-order valence-corrected chi connectivity index (χ2v) is 6.41. The lowest BCUT2D eigenvalue weighted by molar-refractivity contribution is -0.0301. The van der Waals surface area contributed by atoms with Gasteiger partial charge in [-0.2, -0.15) is 0 Å². The predicted octanol–water partition coefficient (Wildman–Crippen LogP) is 2.95. The Labute approximate surface area is 130 Å². The van der Waals surface area contributed by atoms with E-state index in [2.05, 4.69) is 10.2 Å². The van der Waals surface area contributed by atoms with Gasteiger partial charge in [-0.25, -0.2) is 0 Å². The maximum absolute atomic E-state index is 6.01. The quantitative estimate of drug-likeness (QED) is 0.904. The van der Waals surface area contributed by atoms with Gasteiger partial charge in [-0.1, -0.05) is 29.3 Å². The van der Waals surface area contributed by atoms with Crippen LogP contribution in [0.1, 0.15) is 18.4 Å². The van der Waals surface area contributed by atoms with Crippen LogP contribution in [-0.4, -0.2) is 43.3 Å². The van der Waals surface area contributed by atoms with E-state index in [0.717, 1.165) is 44.4 Å². The molecule has 1 saturated carbocycles. The lowest BCUT2D eigenvalue weighted by Crippen LogP contribution is -2.47. The summed E-state index contributed by atoms with van der Waals surface area (Å²) >= 11 is 11.9. The third-order valence-corrected chi connectivity index (χ3v) is 4.66. The molecule has 1 heterocycles. The highest BCUT2D eigenvalue weighted by molar-refractivity contribution is 6.42. The van der Waals surface area contributed by atoms with Gasteiger partial charge in [-0.3, -0.25) is 4.90 Å². The number of nitrogens with zero attached hydrogens (tertiary/aromatic N) is 1. The molecule has 1 aliphatic heterocycles. The van der Waals surface area contributed by atoms with Crippen molar-refractivity contribution in [3.8, 4) is 0 Å². The van der Waals surface area contributed by atoms with E-state index in [4.69, 9.17) is 27.9 Å². The third kappa shape index (κ3) is 3.86. The Morgan fingerprint density at radius 3 is 2.85 bits per heavy atom. The van der Waals surface area contributed by atoms with Crippen molar-refractivity contribution in [3.63, 3.8) is 0 Å². The molecule has 0 bridgehead atoms. The zero-order chi connectivity index (χ0) is 13.9. The highest BCUT2D eigenvalue weighted by atomic mass is 35.5. The molecule has 1 saturated heterocycles. The van der Waals surface area contributed by atoms with Crippen LogP contribution in [0.25, 0.3) is 0 Å². The van der Waals surface area contributed by atoms with Gasteiger partial charge in [0.15, 0.2) is 0 Å². The van der Waals surface area contributed by atoms with Gasteiger partial charge in [0, 0.05) is 32.2 Å². The van der Waals surface area contributed by atoms with E-state index >= 15 is 0 Å². The van der Waals surface area contributed by atoms with Gasteiger partial charge in [0.25, 0.3) is 0 Å². The summed E-state index contributed by atoms with van der Waals surface area (Å²) < 4.78 is 5.82. The van der Waals surface area contributed by atoms with Gasteiger partial charge >= 0.3 is 0 Å². The number of nitrogens with one attached hydrogen (secondary N) is 1. The molecule has 3 rings (SSSR count). The summed E-state index contributed by atoms with van der Waals surface area (Å²) in [6, 6.07) is 6.58. The molecule has 1 aliphatic carbocycles. The fourth-order valence-electron chi connectivity index (χ4n) is 2.66. The SMILES string of the molecule is Clc1ccc(CNCC2CN(C3CC3)CCO2)cc1Cl. The molecule has 1 unspecified atom stereocenters. The van der Waals surface area contributed by atoms with Crippen molar-refractivity contribution in [3.05, 3.63) is 33.8 Å². The topological polar surface area (TPSA) is 24.5 Å². The molecule has 2 fully saturated rings. The minimum Gasteiger partial charge on any atom is -0.374 e. The molecular weight excluding hydrogens is 295 g/mol. The van der Waals surface area contributed by atoms with Gasteiger partial charge in [-0.15, -0.1) is 0 Å². The first-order chi connectivity index (χ1) is 9.72. The molecule has 1 N–H and O–H groups in total.